The lowest BCUT2D eigenvalue weighted by molar-refractivity contribution is 0.0196. The molecule has 1 fully saturated rings. The van der Waals surface area contributed by atoms with Gasteiger partial charge in [0.25, 0.3) is 0 Å². The Morgan fingerprint density at radius 3 is 2.89 bits per heavy atom. The molecule has 1 aliphatic heterocycles. The molecule has 1 saturated heterocycles. The highest BCUT2D eigenvalue weighted by Crippen LogP contribution is 2.30. The molecule has 1 amide bonds. The summed E-state index contributed by atoms with van der Waals surface area (Å²) in [6, 6.07) is 1.98. The molecule has 2 rings (SSSR count). The molecule has 0 saturated carbocycles. The molecule has 0 bridgehead atoms. The summed E-state index contributed by atoms with van der Waals surface area (Å²) in [6.45, 7) is 7.63. The molecule has 6 heteroatoms. The monoisotopic (exact) mass is 302 g/mol. The van der Waals surface area contributed by atoms with Crippen molar-refractivity contribution in [3.8, 4) is 0 Å². The number of nitrogens with one attached hydrogen (secondary N) is 1. The first-order chi connectivity index (χ1) is 8.87. The molecule has 1 aromatic heterocycles. The van der Waals surface area contributed by atoms with Crippen molar-refractivity contribution in [2.75, 3.05) is 19.6 Å². The first-order valence-corrected chi connectivity index (χ1v) is 7.57. The number of carbonyl (C=O) groups is 1. The Balaban J connectivity index is 2.01. The number of amides is 1. The van der Waals surface area contributed by atoms with Crippen molar-refractivity contribution in [1.82, 2.24) is 10.2 Å². The first kappa shape index (κ1) is 14.6. The Morgan fingerprint density at radius 1 is 1.58 bits per heavy atom. The van der Waals surface area contributed by atoms with Crippen LogP contribution < -0.4 is 5.32 Å². The molecule has 4 nitrogen and oxygen atoms in total. The van der Waals surface area contributed by atoms with Gasteiger partial charge in [-0.15, -0.1) is 11.3 Å². The molecule has 1 N–H and O–H groups in total. The molecule has 2 heterocycles. The molecule has 106 valence electrons. The van der Waals surface area contributed by atoms with E-state index >= 15 is 0 Å². The fourth-order valence-electron chi connectivity index (χ4n) is 1.97. The lowest BCUT2D eigenvalue weighted by Crippen LogP contribution is -2.49. The molecule has 1 aliphatic rings. The van der Waals surface area contributed by atoms with Gasteiger partial charge < -0.3 is 15.0 Å². The zero-order valence-electron chi connectivity index (χ0n) is 11.4. The smallest absolute Gasteiger partial charge is 0.410 e. The number of nitrogens with zero attached hydrogens (tertiary/aromatic N) is 1. The molecular weight excluding hydrogens is 284 g/mol. The minimum Gasteiger partial charge on any atom is -0.444 e. The van der Waals surface area contributed by atoms with Crippen molar-refractivity contribution in [3.05, 3.63) is 21.3 Å². The predicted molar refractivity (Wildman–Crippen MR) is 77.9 cm³/mol. The van der Waals surface area contributed by atoms with Crippen molar-refractivity contribution >= 4 is 29.0 Å². The van der Waals surface area contributed by atoms with Crippen molar-refractivity contribution in [2.45, 2.75) is 32.4 Å². The van der Waals surface area contributed by atoms with Gasteiger partial charge in [-0.1, -0.05) is 11.6 Å². The summed E-state index contributed by atoms with van der Waals surface area (Å²) in [5.41, 5.74) is -0.460. The number of piperazine rings is 1. The van der Waals surface area contributed by atoms with E-state index in [0.29, 0.717) is 13.1 Å². The highest BCUT2D eigenvalue weighted by atomic mass is 35.5. The third-order valence-electron chi connectivity index (χ3n) is 2.79. The van der Waals surface area contributed by atoms with Gasteiger partial charge in [0.15, 0.2) is 0 Å². The molecule has 1 aromatic rings. The Morgan fingerprint density at radius 2 is 2.32 bits per heavy atom. The number of ether oxygens (including phenoxy) is 1. The lowest BCUT2D eigenvalue weighted by Gasteiger charge is -2.34. The molecule has 19 heavy (non-hydrogen) atoms. The van der Waals surface area contributed by atoms with Gasteiger partial charge >= 0.3 is 6.09 Å². The van der Waals surface area contributed by atoms with Crippen LogP contribution in [-0.2, 0) is 4.74 Å². The average molecular weight is 303 g/mol. The normalized spacial score (nSPS) is 20.4. The van der Waals surface area contributed by atoms with Crippen LogP contribution in [-0.4, -0.2) is 36.2 Å². The van der Waals surface area contributed by atoms with E-state index in [9.17, 15) is 4.79 Å². The molecule has 1 atom stereocenters. The van der Waals surface area contributed by atoms with Crippen molar-refractivity contribution < 1.29 is 9.53 Å². The maximum Gasteiger partial charge on any atom is 0.410 e. The highest BCUT2D eigenvalue weighted by molar-refractivity contribution is 7.10. The largest absolute Gasteiger partial charge is 0.444 e. The van der Waals surface area contributed by atoms with Gasteiger partial charge in [0.1, 0.15) is 5.60 Å². The zero-order chi connectivity index (χ0) is 14.0. The van der Waals surface area contributed by atoms with Gasteiger partial charge in [0.2, 0.25) is 0 Å². The van der Waals surface area contributed by atoms with Crippen LogP contribution in [0.5, 0.6) is 0 Å². The third kappa shape index (κ3) is 3.84. The topological polar surface area (TPSA) is 41.6 Å². The molecule has 0 aromatic carbocycles. The Kier molecular flexibility index (Phi) is 4.38. The molecule has 0 spiro atoms. The number of rotatable bonds is 1. The third-order valence-corrected chi connectivity index (χ3v) is 4.26. The van der Waals surface area contributed by atoms with E-state index in [2.05, 4.69) is 5.32 Å². The highest BCUT2D eigenvalue weighted by Gasteiger charge is 2.29. The second kappa shape index (κ2) is 5.69. The van der Waals surface area contributed by atoms with Crippen molar-refractivity contribution in [2.24, 2.45) is 0 Å². The van der Waals surface area contributed by atoms with Crippen molar-refractivity contribution in [3.63, 3.8) is 0 Å². The van der Waals surface area contributed by atoms with E-state index in [1.807, 2.05) is 32.2 Å². The summed E-state index contributed by atoms with van der Waals surface area (Å²) < 4.78 is 5.40. The quantitative estimate of drug-likeness (QED) is 0.865. The number of halogens is 1. The van der Waals surface area contributed by atoms with Crippen LogP contribution in [0.3, 0.4) is 0 Å². The van der Waals surface area contributed by atoms with Crippen LogP contribution in [0.1, 0.15) is 31.7 Å². The van der Waals surface area contributed by atoms with Gasteiger partial charge in [-0.05, 0) is 32.2 Å². The van der Waals surface area contributed by atoms with Gasteiger partial charge in [0, 0.05) is 24.5 Å². The van der Waals surface area contributed by atoms with Gasteiger partial charge in [-0.2, -0.15) is 0 Å². The Hall–Kier alpha value is -0.780. The van der Waals surface area contributed by atoms with E-state index in [4.69, 9.17) is 16.3 Å². The molecule has 0 radical (unpaired) electrons. The fraction of sp³-hybridized carbons (Fsp3) is 0.615. The predicted octanol–water partition coefficient (Wildman–Crippen LogP) is 3.28. The fourth-order valence-corrected chi connectivity index (χ4v) is 3.23. The minimum absolute atomic E-state index is 0.0915. The van der Waals surface area contributed by atoms with E-state index in [0.717, 1.165) is 16.4 Å². The maximum absolute atomic E-state index is 12.1. The molecule has 0 aliphatic carbocycles. The van der Waals surface area contributed by atoms with Crippen LogP contribution in [0.2, 0.25) is 5.02 Å². The molecule has 1 unspecified atom stereocenters. The SMILES string of the molecule is CC(C)(C)OC(=O)N1CCNC(c2sccc2Cl)C1. The Labute approximate surface area is 122 Å². The summed E-state index contributed by atoms with van der Waals surface area (Å²) in [7, 11) is 0. The average Bonchev–Trinajstić information content (AvgIpc) is 2.73. The summed E-state index contributed by atoms with van der Waals surface area (Å²) >= 11 is 7.75. The lowest BCUT2D eigenvalue weighted by atomic mass is 10.2. The number of hydrogen-bond donors (Lipinski definition) is 1. The molecular formula is C13H19ClN2O2S. The van der Waals surface area contributed by atoms with Crippen LogP contribution in [0, 0.1) is 0 Å². The van der Waals surface area contributed by atoms with Crippen molar-refractivity contribution in [1.29, 1.82) is 0 Å². The standard InChI is InChI=1S/C13H19ClN2O2S/c1-13(2,3)18-12(17)16-6-5-15-10(8-16)11-9(14)4-7-19-11/h4,7,10,15H,5-6,8H2,1-3H3. The van der Waals surface area contributed by atoms with Crippen LogP contribution >= 0.6 is 22.9 Å². The zero-order valence-corrected chi connectivity index (χ0v) is 13.0. The number of hydrogen-bond acceptors (Lipinski definition) is 4. The summed E-state index contributed by atoms with van der Waals surface area (Å²) in [5, 5.41) is 6.11. The van der Waals surface area contributed by atoms with E-state index in [1.165, 1.54) is 0 Å². The number of thiophene rings is 1. The van der Waals surface area contributed by atoms with Gasteiger partial charge in [-0.25, -0.2) is 4.79 Å². The van der Waals surface area contributed by atoms with Crippen LogP contribution in [0.4, 0.5) is 4.79 Å². The van der Waals surface area contributed by atoms with Crippen LogP contribution in [0.25, 0.3) is 0 Å². The van der Waals surface area contributed by atoms with E-state index in [1.54, 1.807) is 16.2 Å². The Bertz CT molecular complexity index is 456. The summed E-state index contributed by atoms with van der Waals surface area (Å²) in [4.78, 5) is 14.9. The maximum atomic E-state index is 12.1. The first-order valence-electron chi connectivity index (χ1n) is 6.31. The number of carbonyl (C=O) groups excluding carboxylic acids is 1. The summed E-state index contributed by atoms with van der Waals surface area (Å²) in [5.74, 6) is 0. The summed E-state index contributed by atoms with van der Waals surface area (Å²) in [6.07, 6.45) is -0.258. The van der Waals surface area contributed by atoms with E-state index in [-0.39, 0.29) is 12.1 Å². The minimum atomic E-state index is -0.460. The van der Waals surface area contributed by atoms with E-state index < -0.39 is 5.60 Å². The van der Waals surface area contributed by atoms with Crippen LogP contribution in [0.15, 0.2) is 11.4 Å². The second-order valence-corrected chi connectivity index (χ2v) is 6.92. The van der Waals surface area contributed by atoms with Gasteiger partial charge in [0.05, 0.1) is 11.1 Å². The van der Waals surface area contributed by atoms with Gasteiger partial charge in [-0.3, -0.25) is 0 Å². The second-order valence-electron chi connectivity index (χ2n) is 5.57.